The molecule has 30 heavy (non-hydrogen) atoms. The molecule has 1 unspecified atom stereocenters. The van der Waals surface area contributed by atoms with Crippen molar-refractivity contribution in [2.45, 2.75) is 24.3 Å². The molecule has 0 spiro atoms. The number of anilines is 1. The van der Waals surface area contributed by atoms with E-state index in [0.717, 1.165) is 19.5 Å². The fourth-order valence-electron chi connectivity index (χ4n) is 3.59. The fraction of sp³-hybridized carbons (Fsp3) is 0.500. The van der Waals surface area contributed by atoms with Crippen LogP contribution in [0.15, 0.2) is 47.5 Å². The molecule has 1 aromatic carbocycles. The highest BCUT2D eigenvalue weighted by Crippen LogP contribution is 2.21. The molecule has 2 heterocycles. The second kappa shape index (κ2) is 9.87. The number of hydrogen-bond donors (Lipinski definition) is 1. The molecule has 0 radical (unpaired) electrons. The Morgan fingerprint density at radius 1 is 1.07 bits per heavy atom. The number of nitrogens with zero attached hydrogens (tertiary/aromatic N) is 4. The number of sulfonamides is 1. The van der Waals surface area contributed by atoms with Crippen LogP contribution in [-0.2, 0) is 16.4 Å². The van der Waals surface area contributed by atoms with Crippen LogP contribution in [0.25, 0.3) is 0 Å². The molecule has 164 valence electrons. The average molecular weight is 432 g/mol. The van der Waals surface area contributed by atoms with E-state index < -0.39 is 10.0 Å². The van der Waals surface area contributed by atoms with Crippen molar-refractivity contribution in [3.8, 4) is 0 Å². The Labute approximate surface area is 180 Å². The summed E-state index contributed by atoms with van der Waals surface area (Å²) in [6.45, 7) is 5.35. The van der Waals surface area contributed by atoms with Gasteiger partial charge in [-0.1, -0.05) is 31.2 Å². The highest BCUT2D eigenvalue weighted by Gasteiger charge is 2.27. The number of pyridine rings is 1. The van der Waals surface area contributed by atoms with Crippen LogP contribution in [0.2, 0.25) is 0 Å². The molecule has 8 heteroatoms. The number of benzene rings is 1. The molecule has 1 saturated heterocycles. The van der Waals surface area contributed by atoms with Crippen LogP contribution < -0.4 is 5.32 Å². The van der Waals surface area contributed by atoms with E-state index in [2.05, 4.69) is 65.4 Å². The summed E-state index contributed by atoms with van der Waals surface area (Å²) >= 11 is 0. The summed E-state index contributed by atoms with van der Waals surface area (Å²) in [7, 11) is 2.63. The lowest BCUT2D eigenvalue weighted by Crippen LogP contribution is -2.47. The van der Waals surface area contributed by atoms with Gasteiger partial charge in [0.05, 0.1) is 6.04 Å². The van der Waals surface area contributed by atoms with Crippen molar-refractivity contribution in [3.05, 3.63) is 53.7 Å². The quantitative estimate of drug-likeness (QED) is 0.692. The Morgan fingerprint density at radius 2 is 1.73 bits per heavy atom. The molecular formula is C22H33N5O2S. The minimum atomic E-state index is -3.49. The van der Waals surface area contributed by atoms with E-state index >= 15 is 0 Å². The molecule has 0 amide bonds. The van der Waals surface area contributed by atoms with Gasteiger partial charge in [-0.05, 0) is 50.8 Å². The van der Waals surface area contributed by atoms with Gasteiger partial charge >= 0.3 is 0 Å². The third-order valence-corrected chi connectivity index (χ3v) is 7.59. The highest BCUT2D eigenvalue weighted by atomic mass is 32.2. The largest absolute Gasteiger partial charge is 0.368 e. The smallest absolute Gasteiger partial charge is 0.244 e. The molecule has 3 rings (SSSR count). The summed E-state index contributed by atoms with van der Waals surface area (Å²) in [5, 5.41) is 3.35. The Hall–Kier alpha value is -2.00. The van der Waals surface area contributed by atoms with E-state index in [9.17, 15) is 8.42 Å². The van der Waals surface area contributed by atoms with E-state index in [1.165, 1.54) is 17.3 Å². The fourth-order valence-corrected chi connectivity index (χ4v) is 4.96. The zero-order valence-electron chi connectivity index (χ0n) is 18.4. The average Bonchev–Trinajstić information content (AvgIpc) is 2.75. The van der Waals surface area contributed by atoms with E-state index in [1.54, 1.807) is 16.4 Å². The predicted octanol–water partition coefficient (Wildman–Crippen LogP) is 2.29. The summed E-state index contributed by atoms with van der Waals surface area (Å²) in [4.78, 5) is 8.91. The summed E-state index contributed by atoms with van der Waals surface area (Å²) in [6, 6.07) is 12.3. The summed E-state index contributed by atoms with van der Waals surface area (Å²) in [5.74, 6) is 0.671. The standard InChI is InChI=1S/C22H33N5O2S/c1-5-18-6-8-19(9-7-18)21(25(2)3)17-24-22-11-10-20(16-23-22)30(28,29)27-14-12-26(4)13-15-27/h6-11,16,21H,5,12-15,17H2,1-4H3,(H,23,24). The van der Waals surface area contributed by atoms with Crippen molar-refractivity contribution in [3.63, 3.8) is 0 Å². The van der Waals surface area contributed by atoms with Crippen LogP contribution in [0.1, 0.15) is 24.1 Å². The van der Waals surface area contributed by atoms with Gasteiger partial charge in [-0.25, -0.2) is 13.4 Å². The van der Waals surface area contributed by atoms with Crippen molar-refractivity contribution in [2.75, 3.05) is 59.2 Å². The van der Waals surface area contributed by atoms with Gasteiger partial charge in [0.1, 0.15) is 10.7 Å². The minimum absolute atomic E-state index is 0.187. The number of aromatic nitrogens is 1. The molecule has 1 fully saturated rings. The molecule has 1 aliphatic rings. The van der Waals surface area contributed by atoms with Crippen molar-refractivity contribution in [1.29, 1.82) is 0 Å². The summed E-state index contributed by atoms with van der Waals surface area (Å²) < 4.78 is 27.2. The number of hydrogen-bond acceptors (Lipinski definition) is 6. The maximum atomic E-state index is 12.8. The third kappa shape index (κ3) is 5.37. The van der Waals surface area contributed by atoms with Gasteiger partial charge in [-0.2, -0.15) is 4.31 Å². The molecular weight excluding hydrogens is 398 g/mol. The van der Waals surface area contributed by atoms with E-state index in [1.807, 2.05) is 7.05 Å². The number of nitrogens with one attached hydrogen (secondary N) is 1. The molecule has 7 nitrogen and oxygen atoms in total. The van der Waals surface area contributed by atoms with E-state index in [-0.39, 0.29) is 10.9 Å². The SMILES string of the molecule is CCc1ccc(C(CNc2ccc(S(=O)(=O)N3CCN(C)CC3)cn2)N(C)C)cc1. The van der Waals surface area contributed by atoms with Crippen LogP contribution in [0.3, 0.4) is 0 Å². The molecule has 0 aliphatic carbocycles. The van der Waals surface area contributed by atoms with Crippen molar-refractivity contribution in [2.24, 2.45) is 0 Å². The number of aryl methyl sites for hydroxylation is 1. The Bertz CT molecular complexity index is 906. The summed E-state index contributed by atoms with van der Waals surface area (Å²) in [6.07, 6.45) is 2.48. The zero-order chi connectivity index (χ0) is 21.7. The van der Waals surface area contributed by atoms with Crippen molar-refractivity contribution < 1.29 is 8.42 Å². The van der Waals surface area contributed by atoms with Crippen LogP contribution in [0.4, 0.5) is 5.82 Å². The zero-order valence-corrected chi connectivity index (χ0v) is 19.2. The van der Waals surface area contributed by atoms with Gasteiger partial charge < -0.3 is 15.1 Å². The Kier molecular flexibility index (Phi) is 7.46. The first-order chi connectivity index (χ1) is 14.3. The molecule has 1 N–H and O–H groups in total. The number of rotatable bonds is 8. The van der Waals surface area contributed by atoms with Crippen molar-refractivity contribution in [1.82, 2.24) is 19.1 Å². The van der Waals surface area contributed by atoms with Crippen LogP contribution in [0, 0.1) is 0 Å². The van der Waals surface area contributed by atoms with Gasteiger partial charge in [0.15, 0.2) is 0 Å². The summed E-state index contributed by atoms with van der Waals surface area (Å²) in [5.41, 5.74) is 2.56. The Balaban J connectivity index is 1.65. The number of likely N-dealkylation sites (N-methyl/N-ethyl adjacent to an activating group) is 2. The molecule has 1 aromatic heterocycles. The van der Waals surface area contributed by atoms with E-state index in [0.29, 0.717) is 25.5 Å². The maximum Gasteiger partial charge on any atom is 0.244 e. The van der Waals surface area contributed by atoms with Crippen LogP contribution >= 0.6 is 0 Å². The van der Waals surface area contributed by atoms with Crippen LogP contribution in [0.5, 0.6) is 0 Å². The first-order valence-electron chi connectivity index (χ1n) is 10.4. The Morgan fingerprint density at radius 3 is 2.27 bits per heavy atom. The predicted molar refractivity (Wildman–Crippen MR) is 121 cm³/mol. The normalized spacial score (nSPS) is 17.2. The maximum absolute atomic E-state index is 12.8. The third-order valence-electron chi connectivity index (χ3n) is 5.71. The van der Waals surface area contributed by atoms with Gasteiger partial charge in [-0.15, -0.1) is 0 Å². The van der Waals surface area contributed by atoms with Gasteiger partial charge in [0.2, 0.25) is 10.0 Å². The molecule has 2 aromatic rings. The number of piperazine rings is 1. The second-order valence-corrected chi connectivity index (χ2v) is 9.98. The second-order valence-electron chi connectivity index (χ2n) is 8.04. The first-order valence-corrected chi connectivity index (χ1v) is 11.9. The monoisotopic (exact) mass is 431 g/mol. The lowest BCUT2D eigenvalue weighted by Gasteiger charge is -2.31. The first kappa shape index (κ1) is 22.7. The molecule has 1 atom stereocenters. The van der Waals surface area contributed by atoms with Crippen LogP contribution in [-0.4, -0.2) is 81.4 Å². The molecule has 0 bridgehead atoms. The van der Waals surface area contributed by atoms with Crippen molar-refractivity contribution >= 4 is 15.8 Å². The minimum Gasteiger partial charge on any atom is -0.368 e. The van der Waals surface area contributed by atoms with E-state index in [4.69, 9.17) is 0 Å². The highest BCUT2D eigenvalue weighted by molar-refractivity contribution is 7.89. The topological polar surface area (TPSA) is 68.8 Å². The van der Waals surface area contributed by atoms with Gasteiger partial charge in [-0.3, -0.25) is 0 Å². The molecule has 0 saturated carbocycles. The lowest BCUT2D eigenvalue weighted by molar-refractivity contribution is 0.222. The molecule has 1 aliphatic heterocycles. The van der Waals surface area contributed by atoms with Gasteiger partial charge in [0.25, 0.3) is 0 Å². The van der Waals surface area contributed by atoms with Gasteiger partial charge in [0, 0.05) is 38.9 Å². The lowest BCUT2D eigenvalue weighted by atomic mass is 10.0.